The Hall–Kier alpha value is -2.24. The number of hydrogen-bond donors (Lipinski definition) is 7. The Labute approximate surface area is 145 Å². The van der Waals surface area contributed by atoms with Crippen LogP contribution in [0.4, 0.5) is 0 Å². The topological polar surface area (TPSA) is 197 Å². The van der Waals surface area contributed by atoms with Crippen molar-refractivity contribution in [3.8, 4) is 0 Å². The second-order valence-corrected chi connectivity index (χ2v) is 5.49. The Morgan fingerprint density at radius 3 is 2.16 bits per heavy atom. The fourth-order valence-electron chi connectivity index (χ4n) is 1.78. The van der Waals surface area contributed by atoms with Crippen LogP contribution in [-0.4, -0.2) is 71.7 Å². The highest BCUT2D eigenvalue weighted by Crippen LogP contribution is 2.00. The first-order valence-corrected chi connectivity index (χ1v) is 7.89. The van der Waals surface area contributed by atoms with Crippen molar-refractivity contribution in [2.45, 2.75) is 44.3 Å². The van der Waals surface area contributed by atoms with Crippen molar-refractivity contribution < 1.29 is 29.4 Å². The number of hydrogen-bond acceptors (Lipinski definition) is 7. The number of amides is 3. The molecule has 0 aromatic carbocycles. The molecule has 0 unspecified atom stereocenters. The highest BCUT2D eigenvalue weighted by Gasteiger charge is 2.23. The summed E-state index contributed by atoms with van der Waals surface area (Å²) < 4.78 is 0. The fourth-order valence-corrected chi connectivity index (χ4v) is 1.78. The summed E-state index contributed by atoms with van der Waals surface area (Å²) in [5.41, 5.74) is 10.7. The van der Waals surface area contributed by atoms with Crippen LogP contribution >= 0.6 is 0 Å². The van der Waals surface area contributed by atoms with E-state index in [1.54, 1.807) is 0 Å². The standard InChI is InChI=1S/C14H27N5O6/c1-8(16)12(22)19-10(7-20)13(23)17-6-11(21)18-9(14(24)25)4-2-3-5-15/h8-10,20H,2-7,15-16H2,1H3,(H,17,23)(H,18,21)(H,19,22)(H,24,25)/t8-,9-,10-/m0/s1. The summed E-state index contributed by atoms with van der Waals surface area (Å²) in [6.07, 6.45) is 1.39. The minimum absolute atomic E-state index is 0.218. The molecule has 0 saturated carbocycles. The van der Waals surface area contributed by atoms with E-state index < -0.39 is 55.0 Å². The van der Waals surface area contributed by atoms with Crippen LogP contribution in [-0.2, 0) is 19.2 Å². The van der Waals surface area contributed by atoms with E-state index in [1.165, 1.54) is 6.92 Å². The van der Waals surface area contributed by atoms with E-state index in [2.05, 4.69) is 16.0 Å². The number of carboxylic acids is 1. The summed E-state index contributed by atoms with van der Waals surface area (Å²) in [6, 6.07) is -3.21. The summed E-state index contributed by atoms with van der Waals surface area (Å²) in [5, 5.41) is 24.9. The van der Waals surface area contributed by atoms with Crippen LogP contribution in [0.15, 0.2) is 0 Å². The molecule has 11 heteroatoms. The van der Waals surface area contributed by atoms with Gasteiger partial charge in [-0.25, -0.2) is 4.79 Å². The number of aliphatic hydroxyl groups is 1. The minimum atomic E-state index is -1.26. The monoisotopic (exact) mass is 361 g/mol. The Morgan fingerprint density at radius 2 is 1.68 bits per heavy atom. The van der Waals surface area contributed by atoms with Gasteiger partial charge in [0.25, 0.3) is 0 Å². The molecule has 0 saturated heterocycles. The molecule has 0 aliphatic carbocycles. The van der Waals surface area contributed by atoms with Crippen molar-refractivity contribution in [1.29, 1.82) is 0 Å². The Morgan fingerprint density at radius 1 is 1.04 bits per heavy atom. The van der Waals surface area contributed by atoms with Gasteiger partial charge in [0, 0.05) is 0 Å². The normalized spacial score (nSPS) is 14.1. The van der Waals surface area contributed by atoms with Crippen molar-refractivity contribution in [1.82, 2.24) is 16.0 Å². The minimum Gasteiger partial charge on any atom is -0.480 e. The van der Waals surface area contributed by atoms with Crippen molar-refractivity contribution in [3.05, 3.63) is 0 Å². The first kappa shape index (κ1) is 22.8. The van der Waals surface area contributed by atoms with Gasteiger partial charge in [0.15, 0.2) is 0 Å². The number of aliphatic carboxylic acids is 1. The molecule has 0 aliphatic heterocycles. The van der Waals surface area contributed by atoms with Crippen LogP contribution in [0.5, 0.6) is 0 Å². The van der Waals surface area contributed by atoms with Crippen molar-refractivity contribution in [3.63, 3.8) is 0 Å². The van der Waals surface area contributed by atoms with E-state index >= 15 is 0 Å². The molecular weight excluding hydrogens is 334 g/mol. The zero-order chi connectivity index (χ0) is 19.4. The number of carboxylic acid groups (broad SMARTS) is 1. The summed E-state index contributed by atoms with van der Waals surface area (Å²) in [6.45, 7) is 0.657. The van der Waals surface area contributed by atoms with Crippen LogP contribution in [0.3, 0.4) is 0 Å². The van der Waals surface area contributed by atoms with Gasteiger partial charge >= 0.3 is 5.97 Å². The van der Waals surface area contributed by atoms with E-state index in [0.717, 1.165) is 0 Å². The molecule has 11 nitrogen and oxygen atoms in total. The van der Waals surface area contributed by atoms with Gasteiger partial charge in [0.2, 0.25) is 17.7 Å². The number of unbranched alkanes of at least 4 members (excludes halogenated alkanes) is 1. The Balaban J connectivity index is 4.42. The Kier molecular flexibility index (Phi) is 11.1. The van der Waals surface area contributed by atoms with Crippen LogP contribution in [0.2, 0.25) is 0 Å². The van der Waals surface area contributed by atoms with Crippen LogP contribution in [0.25, 0.3) is 0 Å². The van der Waals surface area contributed by atoms with Gasteiger partial charge < -0.3 is 37.6 Å². The lowest BCUT2D eigenvalue weighted by atomic mass is 10.1. The predicted molar refractivity (Wildman–Crippen MR) is 88.1 cm³/mol. The third-order valence-electron chi connectivity index (χ3n) is 3.23. The molecule has 0 rings (SSSR count). The second kappa shape index (κ2) is 12.2. The van der Waals surface area contributed by atoms with Crippen molar-refractivity contribution >= 4 is 23.7 Å². The molecule has 0 heterocycles. The molecule has 25 heavy (non-hydrogen) atoms. The average Bonchev–Trinajstić information content (AvgIpc) is 2.56. The first-order valence-electron chi connectivity index (χ1n) is 7.89. The zero-order valence-corrected chi connectivity index (χ0v) is 14.2. The van der Waals surface area contributed by atoms with Gasteiger partial charge in [0.05, 0.1) is 19.2 Å². The van der Waals surface area contributed by atoms with E-state index in [4.69, 9.17) is 21.7 Å². The molecule has 0 aromatic rings. The van der Waals surface area contributed by atoms with Gasteiger partial charge in [-0.2, -0.15) is 0 Å². The highest BCUT2D eigenvalue weighted by atomic mass is 16.4. The van der Waals surface area contributed by atoms with E-state index in [1.807, 2.05) is 0 Å². The molecule has 0 bridgehead atoms. The third-order valence-corrected chi connectivity index (χ3v) is 3.23. The molecule has 0 aromatic heterocycles. The maximum atomic E-state index is 11.8. The predicted octanol–water partition coefficient (Wildman–Crippen LogP) is -3.37. The summed E-state index contributed by atoms with van der Waals surface area (Å²) >= 11 is 0. The Bertz CT molecular complexity index is 471. The van der Waals surface area contributed by atoms with Crippen LogP contribution in [0.1, 0.15) is 26.2 Å². The molecule has 0 radical (unpaired) electrons. The van der Waals surface area contributed by atoms with Gasteiger partial charge in [-0.05, 0) is 32.7 Å². The number of aliphatic hydroxyl groups excluding tert-OH is 1. The molecule has 3 atom stereocenters. The van der Waals surface area contributed by atoms with Crippen molar-refractivity contribution in [2.75, 3.05) is 19.7 Å². The van der Waals surface area contributed by atoms with Gasteiger partial charge in [-0.1, -0.05) is 0 Å². The van der Waals surface area contributed by atoms with Gasteiger partial charge in [-0.3, -0.25) is 14.4 Å². The molecular formula is C14H27N5O6. The molecule has 0 spiro atoms. The maximum absolute atomic E-state index is 11.8. The molecule has 0 aliphatic rings. The van der Waals surface area contributed by atoms with E-state index in [-0.39, 0.29) is 6.42 Å². The highest BCUT2D eigenvalue weighted by molar-refractivity contribution is 5.92. The lowest BCUT2D eigenvalue weighted by Gasteiger charge is -2.18. The molecule has 144 valence electrons. The number of nitrogens with two attached hydrogens (primary N) is 2. The quantitative estimate of drug-likeness (QED) is 0.175. The smallest absolute Gasteiger partial charge is 0.326 e. The van der Waals surface area contributed by atoms with E-state index in [0.29, 0.717) is 19.4 Å². The van der Waals surface area contributed by atoms with Gasteiger partial charge in [0.1, 0.15) is 12.1 Å². The summed E-state index contributed by atoms with van der Waals surface area (Å²) in [5.74, 6) is -3.32. The largest absolute Gasteiger partial charge is 0.480 e. The number of carbonyl (C=O) groups excluding carboxylic acids is 3. The molecule has 0 fully saturated rings. The summed E-state index contributed by atoms with van der Waals surface area (Å²) in [7, 11) is 0. The SMILES string of the molecule is C[C@H](N)C(=O)N[C@@H](CO)C(=O)NCC(=O)N[C@@H](CCCCN)C(=O)O. The average molecular weight is 361 g/mol. The number of carbonyl (C=O) groups is 4. The van der Waals surface area contributed by atoms with E-state index in [9.17, 15) is 19.2 Å². The lowest BCUT2D eigenvalue weighted by Crippen LogP contribution is -2.54. The molecule has 9 N–H and O–H groups in total. The maximum Gasteiger partial charge on any atom is 0.326 e. The van der Waals surface area contributed by atoms with Crippen LogP contribution < -0.4 is 27.4 Å². The second-order valence-electron chi connectivity index (χ2n) is 5.49. The zero-order valence-electron chi connectivity index (χ0n) is 14.2. The van der Waals surface area contributed by atoms with Crippen LogP contribution in [0, 0.1) is 0 Å². The van der Waals surface area contributed by atoms with Gasteiger partial charge in [-0.15, -0.1) is 0 Å². The lowest BCUT2D eigenvalue weighted by molar-refractivity contribution is -0.142. The molecule has 3 amide bonds. The number of rotatable bonds is 12. The third kappa shape index (κ3) is 9.59. The summed E-state index contributed by atoms with van der Waals surface area (Å²) in [4.78, 5) is 46.1. The first-order chi connectivity index (χ1) is 11.7. The number of nitrogens with one attached hydrogen (secondary N) is 3. The van der Waals surface area contributed by atoms with Crippen molar-refractivity contribution in [2.24, 2.45) is 11.5 Å². The fraction of sp³-hybridized carbons (Fsp3) is 0.714.